The minimum Gasteiger partial charge on any atom is -0.493 e. The third-order valence-electron chi connectivity index (χ3n) is 3.21. The van der Waals surface area contributed by atoms with E-state index < -0.39 is 0 Å². The van der Waals surface area contributed by atoms with Crippen LogP contribution < -0.4 is 10.5 Å². The molecule has 0 fully saturated rings. The number of hydrogen-bond acceptors (Lipinski definition) is 3. The molecule has 1 aliphatic rings. The average molecular weight is 226 g/mol. The molecule has 2 N–H and O–H groups in total. The maximum absolute atomic E-state index is 5.94. The Bertz CT molecular complexity index is 539. The first-order valence-electron chi connectivity index (χ1n) is 5.74. The molecule has 0 saturated heterocycles. The van der Waals surface area contributed by atoms with E-state index in [-0.39, 0.29) is 0 Å². The van der Waals surface area contributed by atoms with E-state index in [4.69, 9.17) is 10.5 Å². The summed E-state index contributed by atoms with van der Waals surface area (Å²) in [5.74, 6) is 1.39. The zero-order chi connectivity index (χ0) is 11.7. The van der Waals surface area contributed by atoms with E-state index in [0.717, 1.165) is 30.0 Å². The summed E-state index contributed by atoms with van der Waals surface area (Å²) in [7, 11) is 0. The molecular weight excluding hydrogens is 212 g/mol. The van der Waals surface area contributed by atoms with Crippen molar-refractivity contribution in [2.45, 2.75) is 12.3 Å². The van der Waals surface area contributed by atoms with E-state index in [1.807, 2.05) is 30.5 Å². The molecule has 2 heterocycles. The minimum absolute atomic E-state index is 0.387. The molecule has 0 saturated carbocycles. The van der Waals surface area contributed by atoms with Crippen molar-refractivity contribution < 1.29 is 4.74 Å². The molecule has 0 bridgehead atoms. The molecule has 86 valence electrons. The van der Waals surface area contributed by atoms with Crippen LogP contribution in [0.5, 0.6) is 5.75 Å². The van der Waals surface area contributed by atoms with Crippen molar-refractivity contribution in [1.82, 2.24) is 4.98 Å². The molecule has 3 heteroatoms. The molecule has 1 aromatic carbocycles. The first kappa shape index (κ1) is 10.1. The molecule has 3 rings (SSSR count). The third-order valence-corrected chi connectivity index (χ3v) is 3.21. The van der Waals surface area contributed by atoms with Crippen LogP contribution in [0.4, 0.5) is 5.69 Å². The van der Waals surface area contributed by atoms with Gasteiger partial charge in [0.15, 0.2) is 0 Å². The molecule has 1 aromatic heterocycles. The first-order valence-corrected chi connectivity index (χ1v) is 5.74. The van der Waals surface area contributed by atoms with Crippen LogP contribution in [-0.2, 0) is 6.42 Å². The van der Waals surface area contributed by atoms with Crippen molar-refractivity contribution in [1.29, 1.82) is 0 Å². The van der Waals surface area contributed by atoms with Gasteiger partial charge >= 0.3 is 0 Å². The number of pyridine rings is 1. The maximum atomic E-state index is 5.94. The lowest BCUT2D eigenvalue weighted by molar-refractivity contribution is 0.330. The molecule has 1 unspecified atom stereocenters. The lowest BCUT2D eigenvalue weighted by Gasteiger charge is -2.10. The van der Waals surface area contributed by atoms with Gasteiger partial charge in [-0.1, -0.05) is 18.2 Å². The van der Waals surface area contributed by atoms with E-state index in [2.05, 4.69) is 11.1 Å². The van der Waals surface area contributed by atoms with Gasteiger partial charge < -0.3 is 10.5 Å². The van der Waals surface area contributed by atoms with E-state index in [0.29, 0.717) is 5.92 Å². The van der Waals surface area contributed by atoms with Crippen LogP contribution in [-0.4, -0.2) is 11.6 Å². The van der Waals surface area contributed by atoms with Gasteiger partial charge in [0.05, 0.1) is 6.61 Å². The fraction of sp³-hybridized carbons (Fsp3) is 0.214. The van der Waals surface area contributed by atoms with Crippen molar-refractivity contribution in [2.75, 3.05) is 12.3 Å². The predicted octanol–water partition coefficient (Wildman–Crippen LogP) is 2.38. The summed E-state index contributed by atoms with van der Waals surface area (Å²) in [6.07, 6.45) is 4.45. The number of nitrogens with two attached hydrogens (primary N) is 1. The number of hydrogen-bond donors (Lipinski definition) is 1. The molecule has 0 amide bonds. The summed E-state index contributed by atoms with van der Waals surface area (Å²) < 4.78 is 5.66. The molecular formula is C14H14N2O. The maximum Gasteiger partial charge on any atom is 0.122 e. The van der Waals surface area contributed by atoms with Crippen molar-refractivity contribution >= 4 is 5.69 Å². The molecule has 17 heavy (non-hydrogen) atoms. The Kier molecular flexibility index (Phi) is 2.44. The topological polar surface area (TPSA) is 48.1 Å². The van der Waals surface area contributed by atoms with E-state index >= 15 is 0 Å². The Morgan fingerprint density at radius 3 is 3.06 bits per heavy atom. The van der Waals surface area contributed by atoms with Gasteiger partial charge in [0, 0.05) is 29.6 Å². The molecule has 0 aliphatic carbocycles. The number of benzene rings is 1. The lowest BCUT2D eigenvalue weighted by Crippen LogP contribution is -2.06. The summed E-state index contributed by atoms with van der Waals surface area (Å²) in [4.78, 5) is 4.12. The summed E-state index contributed by atoms with van der Waals surface area (Å²) in [5, 5.41) is 0. The summed E-state index contributed by atoms with van der Waals surface area (Å²) in [6.45, 7) is 0.730. The van der Waals surface area contributed by atoms with Crippen LogP contribution in [0, 0.1) is 0 Å². The fourth-order valence-electron chi connectivity index (χ4n) is 2.27. The zero-order valence-electron chi connectivity index (χ0n) is 9.47. The third kappa shape index (κ3) is 1.84. The van der Waals surface area contributed by atoms with Crippen molar-refractivity contribution in [2.24, 2.45) is 0 Å². The lowest BCUT2D eigenvalue weighted by atomic mass is 9.94. The zero-order valence-corrected chi connectivity index (χ0v) is 9.47. The Hall–Kier alpha value is -2.03. The highest BCUT2D eigenvalue weighted by Gasteiger charge is 2.24. The van der Waals surface area contributed by atoms with Gasteiger partial charge in [-0.2, -0.15) is 0 Å². The number of nitrogen functional groups attached to an aromatic ring is 1. The van der Waals surface area contributed by atoms with Gasteiger partial charge in [-0.15, -0.1) is 0 Å². The van der Waals surface area contributed by atoms with Crippen LogP contribution in [0.3, 0.4) is 0 Å². The van der Waals surface area contributed by atoms with Gasteiger partial charge in [-0.25, -0.2) is 0 Å². The quantitative estimate of drug-likeness (QED) is 0.855. The summed E-state index contributed by atoms with van der Waals surface area (Å²) >= 11 is 0. The van der Waals surface area contributed by atoms with Crippen LogP contribution in [0.25, 0.3) is 0 Å². The molecule has 2 aromatic rings. The van der Waals surface area contributed by atoms with E-state index in [1.54, 1.807) is 6.20 Å². The van der Waals surface area contributed by atoms with Crippen LogP contribution in [0.1, 0.15) is 17.0 Å². The van der Waals surface area contributed by atoms with Crippen LogP contribution in [0.2, 0.25) is 0 Å². The first-order chi connectivity index (χ1) is 8.34. The number of fused-ring (bicyclic) bond motifs is 1. The number of nitrogens with zero attached hydrogens (tertiary/aromatic N) is 1. The monoisotopic (exact) mass is 226 g/mol. The molecule has 0 spiro atoms. The minimum atomic E-state index is 0.387. The van der Waals surface area contributed by atoms with Gasteiger partial charge in [0.25, 0.3) is 0 Å². The number of rotatable bonds is 2. The Morgan fingerprint density at radius 1 is 1.29 bits per heavy atom. The van der Waals surface area contributed by atoms with E-state index in [9.17, 15) is 0 Å². The SMILES string of the molecule is Nc1ccncc1CC1COc2ccccc21. The largest absolute Gasteiger partial charge is 0.493 e. The van der Waals surface area contributed by atoms with E-state index in [1.165, 1.54) is 5.56 Å². The predicted molar refractivity (Wildman–Crippen MR) is 67.0 cm³/mol. The van der Waals surface area contributed by atoms with Crippen molar-refractivity contribution in [3.63, 3.8) is 0 Å². The highest BCUT2D eigenvalue weighted by atomic mass is 16.5. The van der Waals surface area contributed by atoms with Crippen LogP contribution in [0.15, 0.2) is 42.7 Å². The van der Waals surface area contributed by atoms with Gasteiger partial charge in [0.2, 0.25) is 0 Å². The Balaban J connectivity index is 1.87. The highest BCUT2D eigenvalue weighted by molar-refractivity contribution is 5.47. The standard InChI is InChI=1S/C14H14N2O/c15-13-5-6-16-8-10(13)7-11-9-17-14-4-2-1-3-12(11)14/h1-6,8,11H,7,9H2,(H2,15,16). The highest BCUT2D eigenvalue weighted by Crippen LogP contribution is 2.36. The summed E-state index contributed by atoms with van der Waals surface area (Å²) in [6, 6.07) is 10.0. The second-order valence-electron chi connectivity index (χ2n) is 4.32. The normalized spacial score (nSPS) is 17.5. The Labute approximate surface area is 100 Å². The van der Waals surface area contributed by atoms with Gasteiger partial charge in [-0.3, -0.25) is 4.98 Å². The number of ether oxygens (including phenoxy) is 1. The van der Waals surface area contributed by atoms with Gasteiger partial charge in [0.1, 0.15) is 5.75 Å². The molecule has 1 aliphatic heterocycles. The smallest absolute Gasteiger partial charge is 0.122 e. The number of anilines is 1. The second-order valence-corrected chi connectivity index (χ2v) is 4.32. The number of aromatic nitrogens is 1. The molecule has 1 atom stereocenters. The second kappa shape index (κ2) is 4.09. The number of para-hydroxylation sites is 1. The molecule has 0 radical (unpaired) electrons. The van der Waals surface area contributed by atoms with Crippen molar-refractivity contribution in [3.8, 4) is 5.75 Å². The van der Waals surface area contributed by atoms with Crippen LogP contribution >= 0.6 is 0 Å². The van der Waals surface area contributed by atoms with Crippen molar-refractivity contribution in [3.05, 3.63) is 53.9 Å². The fourth-order valence-corrected chi connectivity index (χ4v) is 2.27. The average Bonchev–Trinajstić information content (AvgIpc) is 2.76. The Morgan fingerprint density at radius 2 is 2.18 bits per heavy atom. The molecule has 3 nitrogen and oxygen atoms in total. The van der Waals surface area contributed by atoms with Gasteiger partial charge in [-0.05, 0) is 24.1 Å². The summed E-state index contributed by atoms with van der Waals surface area (Å²) in [5.41, 5.74) is 9.12.